The van der Waals surface area contributed by atoms with Crippen molar-refractivity contribution in [1.82, 2.24) is 18.8 Å². The van der Waals surface area contributed by atoms with Crippen molar-refractivity contribution in [2.24, 2.45) is 0 Å². The van der Waals surface area contributed by atoms with Gasteiger partial charge in [0, 0.05) is 21.5 Å². The molecule has 0 N–H and O–H groups in total. The summed E-state index contributed by atoms with van der Waals surface area (Å²) in [6.07, 6.45) is 0.824. The Morgan fingerprint density at radius 1 is 0.432 bits per heavy atom. The fraction of sp³-hybridized carbons (Fsp3) is 0.0500. The summed E-state index contributed by atoms with van der Waals surface area (Å²) in [5.41, 5.74) is 12.5. The highest BCUT2D eigenvalue weighted by Crippen LogP contribution is 2.35. The second-order valence-electron chi connectivity index (χ2n) is 12.0. The number of hydrogen-bond acceptors (Lipinski definition) is 2. The lowest BCUT2D eigenvalue weighted by Gasteiger charge is -2.13. The van der Waals surface area contributed by atoms with Crippen LogP contribution >= 0.6 is 0 Å². The summed E-state index contributed by atoms with van der Waals surface area (Å²) in [4.78, 5) is 10.2. The Hall–Kier alpha value is -5.74. The number of aromatic nitrogens is 4. The zero-order chi connectivity index (χ0) is 28.9. The molecule has 0 radical (unpaired) electrons. The van der Waals surface area contributed by atoms with E-state index in [2.05, 4.69) is 143 Å². The van der Waals surface area contributed by atoms with Gasteiger partial charge in [0.1, 0.15) is 11.3 Å². The minimum Gasteiger partial charge on any atom is -0.292 e. The van der Waals surface area contributed by atoms with Crippen molar-refractivity contribution in [3.05, 3.63) is 144 Å². The molecule has 0 fully saturated rings. The molecule has 0 spiro atoms. The van der Waals surface area contributed by atoms with E-state index < -0.39 is 0 Å². The molecule has 10 aromatic rings. The van der Waals surface area contributed by atoms with Crippen molar-refractivity contribution >= 4 is 76.7 Å². The lowest BCUT2D eigenvalue weighted by Crippen LogP contribution is -1.96. The zero-order valence-corrected chi connectivity index (χ0v) is 24.1. The van der Waals surface area contributed by atoms with Crippen LogP contribution in [0, 0.1) is 6.92 Å². The average molecular weight is 563 g/mol. The monoisotopic (exact) mass is 562 g/mol. The van der Waals surface area contributed by atoms with E-state index in [-0.39, 0.29) is 0 Å². The largest absolute Gasteiger partial charge is 0.292 e. The first-order chi connectivity index (χ1) is 21.7. The molecule has 0 aliphatic heterocycles. The van der Waals surface area contributed by atoms with Gasteiger partial charge in [0.2, 0.25) is 0 Å². The van der Waals surface area contributed by atoms with Crippen LogP contribution in [0.5, 0.6) is 0 Å². The predicted molar refractivity (Wildman–Crippen MR) is 183 cm³/mol. The van der Waals surface area contributed by atoms with Gasteiger partial charge in [-0.05, 0) is 83.8 Å². The molecule has 0 amide bonds. The molecule has 0 saturated heterocycles. The number of para-hydroxylation sites is 4. The summed E-state index contributed by atoms with van der Waals surface area (Å²) in [5.74, 6) is 0. The highest BCUT2D eigenvalue weighted by atomic mass is 15.0. The quantitative estimate of drug-likeness (QED) is 0.197. The second-order valence-corrected chi connectivity index (χ2v) is 12.0. The summed E-state index contributed by atoms with van der Waals surface area (Å²) in [7, 11) is 0. The lowest BCUT2D eigenvalue weighted by molar-refractivity contribution is 1.20. The second kappa shape index (κ2) is 8.65. The third-order valence-electron chi connectivity index (χ3n) is 9.30. The van der Waals surface area contributed by atoms with E-state index in [0.717, 1.165) is 39.8 Å². The van der Waals surface area contributed by atoms with Crippen molar-refractivity contribution in [1.29, 1.82) is 0 Å². The Morgan fingerprint density at radius 3 is 1.80 bits per heavy atom. The third kappa shape index (κ3) is 3.22. The smallest absolute Gasteiger partial charge is 0.146 e. The van der Waals surface area contributed by atoms with E-state index in [1.807, 2.05) is 0 Å². The Morgan fingerprint density at radius 2 is 1.02 bits per heavy atom. The topological polar surface area (TPSA) is 34.6 Å². The van der Waals surface area contributed by atoms with Gasteiger partial charge in [0.15, 0.2) is 0 Å². The van der Waals surface area contributed by atoms with Gasteiger partial charge in [0.25, 0.3) is 0 Å². The summed E-state index contributed by atoms with van der Waals surface area (Å²) < 4.78 is 4.67. The van der Waals surface area contributed by atoms with Gasteiger partial charge >= 0.3 is 0 Å². The van der Waals surface area contributed by atoms with Crippen LogP contribution in [0.1, 0.15) is 16.7 Å². The summed E-state index contributed by atoms with van der Waals surface area (Å²) in [6.45, 7) is 2.17. The van der Waals surface area contributed by atoms with Crippen LogP contribution in [0.4, 0.5) is 0 Å². The maximum atomic E-state index is 5.14. The number of imidazole rings is 2. The molecular formula is C40H26N4. The number of pyridine rings is 2. The number of rotatable bonds is 2. The van der Waals surface area contributed by atoms with Crippen molar-refractivity contribution in [3.63, 3.8) is 0 Å². The van der Waals surface area contributed by atoms with E-state index >= 15 is 0 Å². The minimum atomic E-state index is 0.824. The van der Waals surface area contributed by atoms with Gasteiger partial charge < -0.3 is 0 Å². The molecule has 206 valence electrons. The molecule has 44 heavy (non-hydrogen) atoms. The number of aryl methyl sites for hydroxylation is 1. The Kier molecular flexibility index (Phi) is 4.67. The van der Waals surface area contributed by atoms with Crippen LogP contribution in [-0.4, -0.2) is 18.8 Å². The zero-order valence-electron chi connectivity index (χ0n) is 24.1. The van der Waals surface area contributed by atoms with Gasteiger partial charge in [-0.3, -0.25) is 8.80 Å². The fourth-order valence-corrected chi connectivity index (χ4v) is 7.33. The normalized spacial score (nSPS) is 12.3. The number of nitrogens with zero attached hydrogens (tertiary/aromatic N) is 4. The molecule has 4 heteroatoms. The van der Waals surface area contributed by atoms with Gasteiger partial charge in [-0.2, -0.15) is 0 Å². The minimum absolute atomic E-state index is 0.824. The van der Waals surface area contributed by atoms with E-state index in [9.17, 15) is 0 Å². The fourth-order valence-electron chi connectivity index (χ4n) is 7.33. The molecule has 0 bridgehead atoms. The van der Waals surface area contributed by atoms with Gasteiger partial charge in [-0.25, -0.2) is 9.97 Å². The van der Waals surface area contributed by atoms with Crippen molar-refractivity contribution < 1.29 is 0 Å². The highest BCUT2D eigenvalue weighted by molar-refractivity contribution is 6.15. The van der Waals surface area contributed by atoms with Crippen LogP contribution in [0.25, 0.3) is 76.7 Å². The maximum Gasteiger partial charge on any atom is 0.146 e. The first-order valence-corrected chi connectivity index (χ1v) is 15.1. The highest BCUT2D eigenvalue weighted by Gasteiger charge is 2.16. The number of hydrogen-bond donors (Lipinski definition) is 0. The first-order valence-electron chi connectivity index (χ1n) is 15.1. The first kappa shape index (κ1) is 23.8. The molecule has 4 heterocycles. The molecular weight excluding hydrogens is 536 g/mol. The summed E-state index contributed by atoms with van der Waals surface area (Å²) >= 11 is 0. The van der Waals surface area contributed by atoms with Crippen LogP contribution in [0.15, 0.2) is 127 Å². The van der Waals surface area contributed by atoms with E-state index in [0.29, 0.717) is 0 Å². The van der Waals surface area contributed by atoms with Gasteiger partial charge in [-0.1, -0.05) is 84.4 Å². The molecule has 0 aliphatic carbocycles. The van der Waals surface area contributed by atoms with Crippen LogP contribution < -0.4 is 0 Å². The average Bonchev–Trinajstić information content (AvgIpc) is 3.65. The van der Waals surface area contributed by atoms with Crippen LogP contribution in [-0.2, 0) is 6.42 Å². The molecule has 4 nitrogen and oxygen atoms in total. The SMILES string of the molecule is Cc1ccc2c(c1)c1ccc(Cc3ccc4c5ccccc5c5nc6ccccc6n5c4c3)cc1c1nc3ccccc3n21. The summed E-state index contributed by atoms with van der Waals surface area (Å²) in [6, 6.07) is 46.1. The molecule has 0 atom stereocenters. The van der Waals surface area contributed by atoms with Crippen LogP contribution in [0.2, 0.25) is 0 Å². The number of fused-ring (bicyclic) bond motifs is 16. The molecule has 0 unspecified atom stereocenters. The molecule has 6 aromatic carbocycles. The van der Waals surface area contributed by atoms with Crippen molar-refractivity contribution in [3.8, 4) is 0 Å². The predicted octanol–water partition coefficient (Wildman–Crippen LogP) is 9.80. The summed E-state index contributed by atoms with van der Waals surface area (Å²) in [5, 5.41) is 7.34. The Labute approximate surface area is 252 Å². The van der Waals surface area contributed by atoms with Crippen molar-refractivity contribution in [2.45, 2.75) is 13.3 Å². The van der Waals surface area contributed by atoms with Gasteiger partial charge in [0.05, 0.1) is 33.1 Å². The Bertz CT molecular complexity index is 2820. The number of benzene rings is 6. The Balaban J connectivity index is 1.21. The molecule has 0 saturated carbocycles. The van der Waals surface area contributed by atoms with E-state index in [1.54, 1.807) is 0 Å². The molecule has 0 aliphatic rings. The molecule has 10 rings (SSSR count). The van der Waals surface area contributed by atoms with Crippen molar-refractivity contribution in [2.75, 3.05) is 0 Å². The standard InChI is InChI=1S/C40H26N4/c1-24-14-19-35-31(20-24)28-17-15-25(22-32(28)40-42-33-10-4-6-12-36(33)43(35)40)21-26-16-18-29-27-8-2-3-9-30(27)39-41-34-11-5-7-13-37(34)44(39)38(29)23-26/h2-20,22-23H,21H2,1H3. The van der Waals surface area contributed by atoms with Crippen LogP contribution in [0.3, 0.4) is 0 Å². The van der Waals surface area contributed by atoms with E-state index in [4.69, 9.17) is 9.97 Å². The van der Waals surface area contributed by atoms with Gasteiger partial charge in [-0.15, -0.1) is 0 Å². The van der Waals surface area contributed by atoms with E-state index in [1.165, 1.54) is 60.0 Å². The maximum absolute atomic E-state index is 5.14. The molecule has 4 aromatic heterocycles. The lowest BCUT2D eigenvalue weighted by atomic mass is 9.97. The third-order valence-corrected chi connectivity index (χ3v) is 9.30.